The van der Waals surface area contributed by atoms with E-state index in [1.54, 1.807) is 6.07 Å². The van der Waals surface area contributed by atoms with Crippen LogP contribution in [0.15, 0.2) is 16.6 Å². The predicted octanol–water partition coefficient (Wildman–Crippen LogP) is 3.17. The van der Waals surface area contributed by atoms with E-state index in [-0.39, 0.29) is 11.8 Å². The molecule has 0 saturated heterocycles. The molecule has 0 aliphatic carbocycles. The summed E-state index contributed by atoms with van der Waals surface area (Å²) in [6, 6.07) is 3.50. The molecular formula is C16H25BrN2O4. The summed E-state index contributed by atoms with van der Waals surface area (Å²) in [6.45, 7) is 8.53. The number of rotatable bonds is 6. The van der Waals surface area contributed by atoms with Gasteiger partial charge in [-0.1, -0.05) is 0 Å². The molecule has 1 rings (SSSR count). The molecule has 0 fully saturated rings. The smallest absolute Gasteiger partial charge is 0.407 e. The Morgan fingerprint density at radius 1 is 1.39 bits per heavy atom. The number of nitrogens with one attached hydrogen (secondary N) is 2. The Bertz CT molecular complexity index is 544. The summed E-state index contributed by atoms with van der Waals surface area (Å²) in [5.41, 5.74) is 0.447. The van der Waals surface area contributed by atoms with Crippen LogP contribution in [0.3, 0.4) is 0 Å². The van der Waals surface area contributed by atoms with Crippen LogP contribution < -0.4 is 15.4 Å². The van der Waals surface area contributed by atoms with Crippen LogP contribution in [0.5, 0.6) is 11.5 Å². The normalized spacial score (nSPS) is 12.6. The third-order valence-electron chi connectivity index (χ3n) is 2.85. The van der Waals surface area contributed by atoms with Gasteiger partial charge in [-0.3, -0.25) is 0 Å². The molecule has 1 unspecified atom stereocenters. The molecule has 1 amide bonds. The van der Waals surface area contributed by atoms with Crippen LogP contribution in [0.1, 0.15) is 33.3 Å². The summed E-state index contributed by atoms with van der Waals surface area (Å²) < 4.78 is 10.9. The highest BCUT2D eigenvalue weighted by atomic mass is 79.9. The highest BCUT2D eigenvalue weighted by Gasteiger charge is 2.17. The van der Waals surface area contributed by atoms with Gasteiger partial charge in [0.1, 0.15) is 5.60 Å². The lowest BCUT2D eigenvalue weighted by Crippen LogP contribution is -2.42. The summed E-state index contributed by atoms with van der Waals surface area (Å²) in [6.07, 6.45) is -0.430. The van der Waals surface area contributed by atoms with Gasteiger partial charge in [-0.05, 0) is 61.3 Å². The molecule has 0 aromatic heterocycles. The third kappa shape index (κ3) is 7.09. The van der Waals surface area contributed by atoms with Crippen molar-refractivity contribution in [2.75, 3.05) is 13.7 Å². The van der Waals surface area contributed by atoms with E-state index >= 15 is 0 Å². The molecule has 23 heavy (non-hydrogen) atoms. The number of carbonyl (C=O) groups is 1. The van der Waals surface area contributed by atoms with Gasteiger partial charge >= 0.3 is 6.09 Å². The van der Waals surface area contributed by atoms with Crippen LogP contribution >= 0.6 is 15.9 Å². The second-order valence-corrected chi connectivity index (χ2v) is 7.16. The summed E-state index contributed by atoms with van der Waals surface area (Å²) in [7, 11) is 1.51. The Hall–Kier alpha value is -1.47. The van der Waals surface area contributed by atoms with Gasteiger partial charge in [0, 0.05) is 19.1 Å². The minimum atomic E-state index is -0.508. The number of phenols is 1. The number of carbonyl (C=O) groups excluding carboxylic acids is 1. The molecule has 7 heteroatoms. The molecule has 130 valence electrons. The molecule has 6 nitrogen and oxygen atoms in total. The fourth-order valence-electron chi connectivity index (χ4n) is 1.88. The molecule has 0 aliphatic rings. The molecule has 1 aromatic carbocycles. The molecule has 0 saturated carbocycles. The van der Waals surface area contributed by atoms with Crippen molar-refractivity contribution in [1.29, 1.82) is 0 Å². The monoisotopic (exact) mass is 388 g/mol. The first kappa shape index (κ1) is 19.6. The largest absolute Gasteiger partial charge is 0.503 e. The van der Waals surface area contributed by atoms with Crippen LogP contribution in [0.4, 0.5) is 4.79 Å². The number of aromatic hydroxyl groups is 1. The number of ether oxygens (including phenoxy) is 2. The van der Waals surface area contributed by atoms with E-state index in [2.05, 4.69) is 26.6 Å². The number of hydrogen-bond donors (Lipinski definition) is 3. The first-order chi connectivity index (χ1) is 10.6. The minimum absolute atomic E-state index is 0.0766. The molecule has 0 bridgehead atoms. The highest BCUT2D eigenvalue weighted by Crippen LogP contribution is 2.35. The maximum atomic E-state index is 11.7. The van der Waals surface area contributed by atoms with E-state index in [0.717, 1.165) is 5.56 Å². The number of benzene rings is 1. The van der Waals surface area contributed by atoms with Gasteiger partial charge in [-0.2, -0.15) is 0 Å². The Kier molecular flexibility index (Phi) is 7.15. The zero-order valence-corrected chi connectivity index (χ0v) is 15.8. The van der Waals surface area contributed by atoms with Gasteiger partial charge in [0.05, 0.1) is 11.6 Å². The number of amides is 1. The first-order valence-electron chi connectivity index (χ1n) is 7.38. The molecule has 3 N–H and O–H groups in total. The van der Waals surface area contributed by atoms with Crippen LogP contribution in [0, 0.1) is 0 Å². The molecule has 0 aliphatic heterocycles. The Morgan fingerprint density at radius 3 is 2.61 bits per heavy atom. The van der Waals surface area contributed by atoms with E-state index in [4.69, 9.17) is 9.47 Å². The maximum absolute atomic E-state index is 11.7. The van der Waals surface area contributed by atoms with E-state index in [1.165, 1.54) is 7.11 Å². The molecule has 0 spiro atoms. The average molecular weight is 389 g/mol. The van der Waals surface area contributed by atoms with Gasteiger partial charge in [0.2, 0.25) is 0 Å². The van der Waals surface area contributed by atoms with E-state index in [0.29, 0.717) is 23.3 Å². The van der Waals surface area contributed by atoms with E-state index < -0.39 is 11.7 Å². The van der Waals surface area contributed by atoms with Crippen molar-refractivity contribution in [2.24, 2.45) is 0 Å². The fourth-order valence-corrected chi connectivity index (χ4v) is 2.37. The summed E-state index contributed by atoms with van der Waals surface area (Å²) in [5, 5.41) is 15.8. The Morgan fingerprint density at radius 2 is 2.04 bits per heavy atom. The number of halogens is 1. The fraction of sp³-hybridized carbons (Fsp3) is 0.562. The molecule has 0 radical (unpaired) electrons. The standard InChI is InChI=1S/C16H25BrN2O4/c1-10(19-15(21)23-16(2,3)4)8-18-9-11-6-12(17)14(20)13(7-11)22-5/h6-7,10,18,20H,8-9H2,1-5H3,(H,19,21). The quantitative estimate of drug-likeness (QED) is 0.697. The molecule has 0 heterocycles. The highest BCUT2D eigenvalue weighted by molar-refractivity contribution is 9.10. The van der Waals surface area contributed by atoms with Crippen molar-refractivity contribution < 1.29 is 19.4 Å². The molecule has 1 aromatic rings. The van der Waals surface area contributed by atoms with Gasteiger partial charge in [-0.25, -0.2) is 4.79 Å². The summed E-state index contributed by atoms with van der Waals surface area (Å²) >= 11 is 3.29. The summed E-state index contributed by atoms with van der Waals surface area (Å²) in [4.78, 5) is 11.7. The van der Waals surface area contributed by atoms with Crippen molar-refractivity contribution in [2.45, 2.75) is 45.9 Å². The molecule has 1 atom stereocenters. The Balaban J connectivity index is 2.45. The van der Waals surface area contributed by atoms with Crippen molar-refractivity contribution >= 4 is 22.0 Å². The van der Waals surface area contributed by atoms with Crippen molar-refractivity contribution in [1.82, 2.24) is 10.6 Å². The average Bonchev–Trinajstić information content (AvgIpc) is 2.40. The van der Waals surface area contributed by atoms with Crippen molar-refractivity contribution in [3.8, 4) is 11.5 Å². The number of methoxy groups -OCH3 is 1. The van der Waals surface area contributed by atoms with Gasteiger partial charge < -0.3 is 25.2 Å². The topological polar surface area (TPSA) is 79.8 Å². The summed E-state index contributed by atoms with van der Waals surface area (Å²) in [5.74, 6) is 0.493. The third-order valence-corrected chi connectivity index (χ3v) is 3.46. The van der Waals surface area contributed by atoms with Crippen LogP contribution in [-0.4, -0.2) is 36.5 Å². The van der Waals surface area contributed by atoms with Crippen LogP contribution in [0.2, 0.25) is 0 Å². The lowest BCUT2D eigenvalue weighted by Gasteiger charge is -2.22. The van der Waals surface area contributed by atoms with Gasteiger partial charge in [0.25, 0.3) is 0 Å². The SMILES string of the molecule is COc1cc(CNCC(C)NC(=O)OC(C)(C)C)cc(Br)c1O. The number of alkyl carbamates (subject to hydrolysis) is 1. The second-order valence-electron chi connectivity index (χ2n) is 6.31. The lowest BCUT2D eigenvalue weighted by molar-refractivity contribution is 0.0508. The minimum Gasteiger partial charge on any atom is -0.503 e. The van der Waals surface area contributed by atoms with Gasteiger partial charge in [-0.15, -0.1) is 0 Å². The lowest BCUT2D eigenvalue weighted by atomic mass is 10.2. The van der Waals surface area contributed by atoms with Crippen LogP contribution in [0.25, 0.3) is 0 Å². The first-order valence-corrected chi connectivity index (χ1v) is 8.17. The van der Waals surface area contributed by atoms with E-state index in [1.807, 2.05) is 33.8 Å². The Labute approximate surface area is 145 Å². The van der Waals surface area contributed by atoms with E-state index in [9.17, 15) is 9.90 Å². The van der Waals surface area contributed by atoms with Gasteiger partial charge in [0.15, 0.2) is 11.5 Å². The van der Waals surface area contributed by atoms with Crippen molar-refractivity contribution in [3.05, 3.63) is 22.2 Å². The van der Waals surface area contributed by atoms with Crippen LogP contribution in [-0.2, 0) is 11.3 Å². The number of phenolic OH excluding ortho intramolecular Hbond substituents is 1. The molecular weight excluding hydrogens is 364 g/mol. The predicted molar refractivity (Wildman–Crippen MR) is 92.9 cm³/mol. The zero-order chi connectivity index (χ0) is 17.6. The zero-order valence-electron chi connectivity index (χ0n) is 14.2. The maximum Gasteiger partial charge on any atom is 0.407 e. The number of hydrogen-bond acceptors (Lipinski definition) is 5. The van der Waals surface area contributed by atoms with Crippen molar-refractivity contribution in [3.63, 3.8) is 0 Å². The second kappa shape index (κ2) is 8.40.